The molecule has 0 radical (unpaired) electrons. The molecule has 0 heterocycles. The lowest BCUT2D eigenvalue weighted by molar-refractivity contribution is 0.153. The molecule has 3 heteroatoms. The minimum absolute atomic E-state index is 0.336. The summed E-state index contributed by atoms with van der Waals surface area (Å²) in [6, 6.07) is 8.82. The third-order valence-electron chi connectivity index (χ3n) is 3.17. The molecule has 1 rings (SSSR count). The molecule has 2 nitrogen and oxygen atoms in total. The Morgan fingerprint density at radius 2 is 1.83 bits per heavy atom. The number of rotatable bonds is 7. The van der Waals surface area contributed by atoms with Crippen LogP contribution >= 0.6 is 11.6 Å². The minimum Gasteiger partial charge on any atom is -0.383 e. The predicted octanol–water partition coefficient (Wildman–Crippen LogP) is 4.05. The molecular formula is C15H24ClNO. The molecule has 18 heavy (non-hydrogen) atoms. The lowest BCUT2D eigenvalue weighted by Gasteiger charge is -2.28. The molecule has 0 aliphatic rings. The standard InChI is InChI=1S/C15H24ClNO/c1-5-14(10-18-4)17-15(11(2)3)12-6-8-13(16)9-7-12/h6-9,11,14-15,17H,5,10H2,1-4H3. The van der Waals surface area contributed by atoms with Crippen molar-refractivity contribution in [2.24, 2.45) is 5.92 Å². The van der Waals surface area contributed by atoms with E-state index in [1.165, 1.54) is 5.56 Å². The van der Waals surface area contributed by atoms with Gasteiger partial charge in [0.2, 0.25) is 0 Å². The summed E-state index contributed by atoms with van der Waals surface area (Å²) in [5.74, 6) is 0.525. The Kier molecular flexibility index (Phi) is 6.69. The molecule has 2 unspecified atom stereocenters. The van der Waals surface area contributed by atoms with E-state index in [2.05, 4.69) is 38.2 Å². The minimum atomic E-state index is 0.336. The van der Waals surface area contributed by atoms with Crippen LogP contribution in [0.25, 0.3) is 0 Å². The molecule has 1 aromatic carbocycles. The molecule has 0 saturated heterocycles. The average Bonchev–Trinajstić information content (AvgIpc) is 2.35. The van der Waals surface area contributed by atoms with Crippen molar-refractivity contribution in [3.05, 3.63) is 34.9 Å². The summed E-state index contributed by atoms with van der Waals surface area (Å²) in [5, 5.41) is 4.45. The first-order valence-corrected chi connectivity index (χ1v) is 6.96. The molecule has 0 fully saturated rings. The van der Waals surface area contributed by atoms with Crippen molar-refractivity contribution >= 4 is 11.6 Å². The smallest absolute Gasteiger partial charge is 0.0615 e. The molecule has 0 amide bonds. The van der Waals surface area contributed by atoms with Crippen LogP contribution in [0.3, 0.4) is 0 Å². The van der Waals surface area contributed by atoms with E-state index in [0.717, 1.165) is 18.1 Å². The molecule has 0 saturated carbocycles. The zero-order chi connectivity index (χ0) is 13.5. The maximum atomic E-state index is 5.94. The van der Waals surface area contributed by atoms with E-state index in [9.17, 15) is 0 Å². The SMILES string of the molecule is CCC(COC)NC(c1ccc(Cl)cc1)C(C)C. The van der Waals surface area contributed by atoms with Gasteiger partial charge in [0.05, 0.1) is 6.61 Å². The van der Waals surface area contributed by atoms with Crippen molar-refractivity contribution < 1.29 is 4.74 Å². The highest BCUT2D eigenvalue weighted by Crippen LogP contribution is 2.24. The molecule has 0 aliphatic carbocycles. The van der Waals surface area contributed by atoms with Gasteiger partial charge in [-0.05, 0) is 30.0 Å². The number of halogens is 1. The Bertz CT molecular complexity index is 337. The lowest BCUT2D eigenvalue weighted by Crippen LogP contribution is -2.38. The second kappa shape index (κ2) is 7.78. The van der Waals surface area contributed by atoms with Gasteiger partial charge in [-0.15, -0.1) is 0 Å². The third-order valence-corrected chi connectivity index (χ3v) is 3.42. The van der Waals surface area contributed by atoms with Gasteiger partial charge >= 0.3 is 0 Å². The molecular weight excluding hydrogens is 246 g/mol. The van der Waals surface area contributed by atoms with Crippen LogP contribution < -0.4 is 5.32 Å². The number of hydrogen-bond donors (Lipinski definition) is 1. The number of hydrogen-bond acceptors (Lipinski definition) is 2. The Hall–Kier alpha value is -0.570. The topological polar surface area (TPSA) is 21.3 Å². The third kappa shape index (κ3) is 4.60. The summed E-state index contributed by atoms with van der Waals surface area (Å²) in [5.41, 5.74) is 1.28. The second-order valence-corrected chi connectivity index (χ2v) is 5.44. The van der Waals surface area contributed by atoms with Gasteiger partial charge in [-0.25, -0.2) is 0 Å². The van der Waals surface area contributed by atoms with Crippen LogP contribution in [0.2, 0.25) is 5.02 Å². The van der Waals surface area contributed by atoms with Crippen LogP contribution in [-0.4, -0.2) is 19.8 Å². The Morgan fingerprint density at radius 3 is 2.28 bits per heavy atom. The largest absolute Gasteiger partial charge is 0.383 e. The Balaban J connectivity index is 2.79. The Morgan fingerprint density at radius 1 is 1.22 bits per heavy atom. The quantitative estimate of drug-likeness (QED) is 0.806. The van der Waals surface area contributed by atoms with Gasteiger partial charge in [0.25, 0.3) is 0 Å². The maximum Gasteiger partial charge on any atom is 0.0615 e. The number of benzene rings is 1. The first-order valence-electron chi connectivity index (χ1n) is 6.58. The van der Waals surface area contributed by atoms with Gasteiger partial charge in [0, 0.05) is 24.2 Å². The van der Waals surface area contributed by atoms with Crippen molar-refractivity contribution in [2.45, 2.75) is 39.3 Å². The van der Waals surface area contributed by atoms with Crippen LogP contribution in [0.15, 0.2) is 24.3 Å². The first-order chi connectivity index (χ1) is 8.58. The van der Waals surface area contributed by atoms with Crippen molar-refractivity contribution in [3.63, 3.8) is 0 Å². The van der Waals surface area contributed by atoms with E-state index < -0.39 is 0 Å². The van der Waals surface area contributed by atoms with Crippen LogP contribution in [0.4, 0.5) is 0 Å². The monoisotopic (exact) mass is 269 g/mol. The number of methoxy groups -OCH3 is 1. The van der Waals surface area contributed by atoms with Crippen molar-refractivity contribution in [3.8, 4) is 0 Å². The van der Waals surface area contributed by atoms with E-state index in [-0.39, 0.29) is 0 Å². The fraction of sp³-hybridized carbons (Fsp3) is 0.600. The van der Waals surface area contributed by atoms with Gasteiger partial charge in [-0.2, -0.15) is 0 Å². The summed E-state index contributed by atoms with van der Waals surface area (Å²) in [6.45, 7) is 7.38. The van der Waals surface area contributed by atoms with Gasteiger partial charge in [0.15, 0.2) is 0 Å². The highest BCUT2D eigenvalue weighted by atomic mass is 35.5. The molecule has 0 aromatic heterocycles. The molecule has 1 N–H and O–H groups in total. The summed E-state index contributed by atoms with van der Waals surface area (Å²) in [6.07, 6.45) is 1.06. The van der Waals surface area contributed by atoms with Gasteiger partial charge in [-0.3, -0.25) is 0 Å². The fourth-order valence-corrected chi connectivity index (χ4v) is 2.21. The van der Waals surface area contributed by atoms with Gasteiger partial charge in [-0.1, -0.05) is 44.5 Å². The Labute approximate surface area is 116 Å². The van der Waals surface area contributed by atoms with Crippen molar-refractivity contribution in [2.75, 3.05) is 13.7 Å². The first kappa shape index (κ1) is 15.5. The lowest BCUT2D eigenvalue weighted by atomic mass is 9.95. The van der Waals surface area contributed by atoms with Crippen LogP contribution in [0, 0.1) is 5.92 Å². The van der Waals surface area contributed by atoms with Crippen molar-refractivity contribution in [1.82, 2.24) is 5.32 Å². The molecule has 0 bridgehead atoms. The second-order valence-electron chi connectivity index (χ2n) is 5.00. The van der Waals surface area contributed by atoms with E-state index >= 15 is 0 Å². The summed E-state index contributed by atoms with van der Waals surface area (Å²) in [7, 11) is 1.75. The highest BCUT2D eigenvalue weighted by Gasteiger charge is 2.19. The fourth-order valence-electron chi connectivity index (χ4n) is 2.08. The molecule has 0 aliphatic heterocycles. The highest BCUT2D eigenvalue weighted by molar-refractivity contribution is 6.30. The summed E-state index contributed by atoms with van der Waals surface area (Å²) >= 11 is 5.94. The van der Waals surface area contributed by atoms with Crippen LogP contribution in [0.5, 0.6) is 0 Å². The van der Waals surface area contributed by atoms with E-state index in [1.54, 1.807) is 7.11 Å². The van der Waals surface area contributed by atoms with Gasteiger partial charge < -0.3 is 10.1 Å². The molecule has 0 spiro atoms. The maximum absolute atomic E-state index is 5.94. The zero-order valence-electron chi connectivity index (χ0n) is 11.7. The predicted molar refractivity (Wildman–Crippen MR) is 78.1 cm³/mol. The normalized spacial score (nSPS) is 14.8. The molecule has 2 atom stereocenters. The van der Waals surface area contributed by atoms with Crippen molar-refractivity contribution in [1.29, 1.82) is 0 Å². The van der Waals surface area contributed by atoms with E-state index in [0.29, 0.717) is 18.0 Å². The summed E-state index contributed by atoms with van der Waals surface area (Å²) < 4.78 is 5.25. The molecule has 102 valence electrons. The van der Waals surface area contributed by atoms with Gasteiger partial charge in [0.1, 0.15) is 0 Å². The van der Waals surface area contributed by atoms with E-state index in [1.807, 2.05) is 12.1 Å². The zero-order valence-corrected chi connectivity index (χ0v) is 12.5. The summed E-state index contributed by atoms with van der Waals surface area (Å²) in [4.78, 5) is 0. The van der Waals surface area contributed by atoms with E-state index in [4.69, 9.17) is 16.3 Å². The van der Waals surface area contributed by atoms with Crippen LogP contribution in [-0.2, 0) is 4.74 Å². The number of nitrogens with one attached hydrogen (secondary N) is 1. The molecule has 1 aromatic rings. The number of ether oxygens (including phenoxy) is 1. The van der Waals surface area contributed by atoms with Crippen LogP contribution in [0.1, 0.15) is 38.8 Å². The average molecular weight is 270 g/mol.